The van der Waals surface area contributed by atoms with Gasteiger partial charge in [-0.25, -0.2) is 0 Å². The summed E-state index contributed by atoms with van der Waals surface area (Å²) < 4.78 is 0. The molecule has 0 spiro atoms. The van der Waals surface area contributed by atoms with Crippen molar-refractivity contribution < 1.29 is 0 Å². The van der Waals surface area contributed by atoms with E-state index in [4.69, 9.17) is 5.73 Å². The third-order valence-corrected chi connectivity index (χ3v) is 4.22. The lowest BCUT2D eigenvalue weighted by Gasteiger charge is -2.34. The minimum Gasteiger partial charge on any atom is -0.330 e. The van der Waals surface area contributed by atoms with Crippen LogP contribution in [0.5, 0.6) is 0 Å². The van der Waals surface area contributed by atoms with Gasteiger partial charge in [-0.1, -0.05) is 62.6 Å². The van der Waals surface area contributed by atoms with Gasteiger partial charge in [-0.05, 0) is 49.6 Å². The van der Waals surface area contributed by atoms with Gasteiger partial charge in [0, 0.05) is 0 Å². The molecule has 0 saturated heterocycles. The number of allylic oxidation sites excluding steroid dienone is 1. The molecule has 0 amide bonds. The van der Waals surface area contributed by atoms with Crippen LogP contribution in [0, 0.1) is 5.41 Å². The standard InChI is InChI=1S/C19H31N/c1-3-5-14-19(13-4-2,15-9-10-16-20)17-18-11-7-6-8-12-18/h4,6-8,11-12H,2-3,5,9-10,13-17,20H2,1H3. The highest BCUT2D eigenvalue weighted by Crippen LogP contribution is 2.38. The lowest BCUT2D eigenvalue weighted by molar-refractivity contribution is 0.225. The number of rotatable bonds is 11. The van der Waals surface area contributed by atoms with Gasteiger partial charge in [0.05, 0.1) is 0 Å². The van der Waals surface area contributed by atoms with Gasteiger partial charge < -0.3 is 5.73 Å². The van der Waals surface area contributed by atoms with Gasteiger partial charge in [0.25, 0.3) is 0 Å². The summed E-state index contributed by atoms with van der Waals surface area (Å²) in [7, 11) is 0. The molecule has 1 rings (SSSR count). The SMILES string of the molecule is C=CCC(CCCC)(CCCCN)Cc1ccccc1. The molecule has 0 aliphatic heterocycles. The first kappa shape index (κ1) is 17.0. The van der Waals surface area contributed by atoms with Gasteiger partial charge in [0.1, 0.15) is 0 Å². The van der Waals surface area contributed by atoms with Gasteiger partial charge in [0.15, 0.2) is 0 Å². The van der Waals surface area contributed by atoms with Crippen molar-refractivity contribution in [3.8, 4) is 0 Å². The van der Waals surface area contributed by atoms with E-state index in [-0.39, 0.29) is 0 Å². The Hall–Kier alpha value is -1.08. The van der Waals surface area contributed by atoms with E-state index in [0.29, 0.717) is 5.41 Å². The van der Waals surface area contributed by atoms with E-state index in [1.54, 1.807) is 0 Å². The molecule has 1 atom stereocenters. The third kappa shape index (κ3) is 5.92. The van der Waals surface area contributed by atoms with Crippen molar-refractivity contribution in [1.29, 1.82) is 0 Å². The Balaban J connectivity index is 2.79. The molecule has 1 aromatic rings. The Labute approximate surface area is 125 Å². The molecule has 0 bridgehead atoms. The van der Waals surface area contributed by atoms with Crippen LogP contribution < -0.4 is 5.73 Å². The molecule has 0 aromatic heterocycles. The average Bonchev–Trinajstić information content (AvgIpc) is 2.47. The van der Waals surface area contributed by atoms with Gasteiger partial charge in [-0.15, -0.1) is 6.58 Å². The van der Waals surface area contributed by atoms with Crippen LogP contribution >= 0.6 is 0 Å². The number of unbranched alkanes of at least 4 members (excludes halogenated alkanes) is 2. The Morgan fingerprint density at radius 1 is 1.10 bits per heavy atom. The van der Waals surface area contributed by atoms with Crippen molar-refractivity contribution in [1.82, 2.24) is 0 Å². The summed E-state index contributed by atoms with van der Waals surface area (Å²) >= 11 is 0. The Morgan fingerprint density at radius 2 is 1.80 bits per heavy atom. The van der Waals surface area contributed by atoms with Crippen molar-refractivity contribution in [2.45, 2.75) is 58.3 Å². The summed E-state index contributed by atoms with van der Waals surface area (Å²) in [6.07, 6.45) is 11.9. The van der Waals surface area contributed by atoms with Crippen LogP contribution in [0.3, 0.4) is 0 Å². The maximum atomic E-state index is 5.66. The molecule has 1 aromatic carbocycles. The zero-order valence-electron chi connectivity index (χ0n) is 13.1. The van der Waals surface area contributed by atoms with Crippen LogP contribution in [0.25, 0.3) is 0 Å². The Kier molecular flexibility index (Phi) is 8.29. The zero-order chi connectivity index (χ0) is 14.7. The van der Waals surface area contributed by atoms with Crippen molar-refractivity contribution in [2.75, 3.05) is 6.54 Å². The fourth-order valence-electron chi connectivity index (χ4n) is 3.11. The molecule has 0 heterocycles. The Bertz CT molecular complexity index is 357. The van der Waals surface area contributed by atoms with E-state index in [1.807, 2.05) is 0 Å². The molecule has 0 radical (unpaired) electrons. The quantitative estimate of drug-likeness (QED) is 0.440. The van der Waals surface area contributed by atoms with Gasteiger partial charge >= 0.3 is 0 Å². The fraction of sp³-hybridized carbons (Fsp3) is 0.579. The molecule has 2 N–H and O–H groups in total. The largest absolute Gasteiger partial charge is 0.330 e. The number of hydrogen-bond acceptors (Lipinski definition) is 1. The first-order valence-corrected chi connectivity index (χ1v) is 8.11. The van der Waals surface area contributed by atoms with Crippen molar-refractivity contribution in [3.63, 3.8) is 0 Å². The van der Waals surface area contributed by atoms with Crippen molar-refractivity contribution >= 4 is 0 Å². The maximum absolute atomic E-state index is 5.66. The van der Waals surface area contributed by atoms with Crippen LogP contribution in [0.15, 0.2) is 43.0 Å². The second-order valence-electron chi connectivity index (χ2n) is 6.00. The van der Waals surface area contributed by atoms with E-state index in [9.17, 15) is 0 Å². The van der Waals surface area contributed by atoms with E-state index in [0.717, 1.165) is 19.4 Å². The lowest BCUT2D eigenvalue weighted by atomic mass is 9.71. The minimum absolute atomic E-state index is 0.383. The summed E-state index contributed by atoms with van der Waals surface area (Å²) in [5.74, 6) is 0. The van der Waals surface area contributed by atoms with Crippen molar-refractivity contribution in [2.24, 2.45) is 11.1 Å². The van der Waals surface area contributed by atoms with E-state index in [2.05, 4.69) is 49.9 Å². The smallest absolute Gasteiger partial charge is 0.00773 e. The summed E-state index contributed by atoms with van der Waals surface area (Å²) in [5, 5.41) is 0. The minimum atomic E-state index is 0.383. The van der Waals surface area contributed by atoms with Gasteiger partial charge in [-0.2, -0.15) is 0 Å². The first-order valence-electron chi connectivity index (χ1n) is 8.11. The highest BCUT2D eigenvalue weighted by Gasteiger charge is 2.27. The molecule has 0 fully saturated rings. The van der Waals surface area contributed by atoms with Gasteiger partial charge in [0.2, 0.25) is 0 Å². The van der Waals surface area contributed by atoms with Gasteiger partial charge in [-0.3, -0.25) is 0 Å². The topological polar surface area (TPSA) is 26.0 Å². The molecule has 0 aliphatic carbocycles. The second-order valence-corrected chi connectivity index (χ2v) is 6.00. The molecule has 0 saturated carbocycles. The lowest BCUT2D eigenvalue weighted by Crippen LogP contribution is -2.24. The van der Waals surface area contributed by atoms with Crippen LogP contribution in [0.4, 0.5) is 0 Å². The maximum Gasteiger partial charge on any atom is -0.00773 e. The predicted octanol–water partition coefficient (Wildman–Crippen LogP) is 5.11. The number of benzene rings is 1. The first-order chi connectivity index (χ1) is 9.76. The second kappa shape index (κ2) is 9.77. The summed E-state index contributed by atoms with van der Waals surface area (Å²) in [6, 6.07) is 10.9. The summed E-state index contributed by atoms with van der Waals surface area (Å²) in [4.78, 5) is 0. The normalized spacial score (nSPS) is 13.9. The molecular weight excluding hydrogens is 242 g/mol. The molecule has 0 aliphatic rings. The van der Waals surface area contributed by atoms with E-state index < -0.39 is 0 Å². The highest BCUT2D eigenvalue weighted by atomic mass is 14.5. The number of hydrogen-bond donors (Lipinski definition) is 1. The monoisotopic (exact) mass is 273 g/mol. The molecule has 20 heavy (non-hydrogen) atoms. The van der Waals surface area contributed by atoms with Crippen LogP contribution in [-0.2, 0) is 6.42 Å². The molecule has 112 valence electrons. The fourth-order valence-corrected chi connectivity index (χ4v) is 3.11. The molecule has 1 heteroatoms. The summed E-state index contributed by atoms with van der Waals surface area (Å²) in [6.45, 7) is 7.09. The summed E-state index contributed by atoms with van der Waals surface area (Å²) in [5.41, 5.74) is 7.50. The van der Waals surface area contributed by atoms with Crippen LogP contribution in [-0.4, -0.2) is 6.54 Å². The third-order valence-electron chi connectivity index (χ3n) is 4.22. The molecule has 1 nitrogen and oxygen atoms in total. The van der Waals surface area contributed by atoms with E-state index in [1.165, 1.54) is 44.1 Å². The van der Waals surface area contributed by atoms with Crippen LogP contribution in [0.2, 0.25) is 0 Å². The highest BCUT2D eigenvalue weighted by molar-refractivity contribution is 5.17. The number of nitrogens with two attached hydrogens (primary N) is 1. The predicted molar refractivity (Wildman–Crippen MR) is 89.8 cm³/mol. The van der Waals surface area contributed by atoms with Crippen molar-refractivity contribution in [3.05, 3.63) is 48.6 Å². The van der Waals surface area contributed by atoms with E-state index >= 15 is 0 Å². The zero-order valence-corrected chi connectivity index (χ0v) is 13.1. The molecule has 1 unspecified atom stereocenters. The average molecular weight is 273 g/mol. The Morgan fingerprint density at radius 3 is 2.40 bits per heavy atom. The van der Waals surface area contributed by atoms with Crippen LogP contribution in [0.1, 0.15) is 57.4 Å². The molecular formula is C19H31N.